The lowest BCUT2D eigenvalue weighted by atomic mass is 10.1. The van der Waals surface area contributed by atoms with Crippen LogP contribution in [0.2, 0.25) is 0 Å². The number of rotatable bonds is 9. The van der Waals surface area contributed by atoms with Crippen LogP contribution in [0.1, 0.15) is 15.9 Å². The predicted molar refractivity (Wildman–Crippen MR) is 103 cm³/mol. The van der Waals surface area contributed by atoms with E-state index in [4.69, 9.17) is 23.7 Å². The van der Waals surface area contributed by atoms with Gasteiger partial charge in [0.25, 0.3) is 0 Å². The monoisotopic (exact) mass is 386 g/mol. The van der Waals surface area contributed by atoms with Crippen molar-refractivity contribution in [3.8, 4) is 23.0 Å². The summed E-state index contributed by atoms with van der Waals surface area (Å²) < 4.78 is 25.7. The van der Waals surface area contributed by atoms with Gasteiger partial charge >= 0.3 is 5.97 Å². The summed E-state index contributed by atoms with van der Waals surface area (Å²) in [4.78, 5) is 24.2. The molecule has 0 heterocycles. The van der Waals surface area contributed by atoms with Gasteiger partial charge < -0.3 is 23.7 Å². The van der Waals surface area contributed by atoms with Crippen LogP contribution < -0.4 is 18.9 Å². The van der Waals surface area contributed by atoms with Crippen molar-refractivity contribution in [2.75, 3.05) is 35.0 Å². The second-order valence-electron chi connectivity index (χ2n) is 5.54. The van der Waals surface area contributed by atoms with Crippen LogP contribution in [-0.4, -0.2) is 46.8 Å². The summed E-state index contributed by atoms with van der Waals surface area (Å²) in [6.45, 7) is -0.395. The molecule has 0 fully saturated rings. The molecule has 2 aromatic carbocycles. The molecule has 28 heavy (non-hydrogen) atoms. The highest BCUT2D eigenvalue weighted by molar-refractivity contribution is 5.99. The van der Waals surface area contributed by atoms with Gasteiger partial charge in [0.05, 0.1) is 28.4 Å². The van der Waals surface area contributed by atoms with Crippen molar-refractivity contribution in [1.29, 1.82) is 0 Å². The highest BCUT2D eigenvalue weighted by Gasteiger charge is 2.12. The van der Waals surface area contributed by atoms with Crippen molar-refractivity contribution in [3.05, 3.63) is 53.6 Å². The SMILES string of the molecule is COc1ccc(OC)c(C=CC(=O)OCC(=O)c2ccc(OC)c(OC)c2)c1. The Morgan fingerprint density at radius 3 is 2.14 bits per heavy atom. The maximum atomic E-state index is 12.2. The number of hydrogen-bond donors (Lipinski definition) is 0. The van der Waals surface area contributed by atoms with E-state index in [-0.39, 0.29) is 5.78 Å². The molecule has 2 rings (SSSR count). The fourth-order valence-corrected chi connectivity index (χ4v) is 2.41. The largest absolute Gasteiger partial charge is 0.497 e. The molecule has 2 aromatic rings. The normalized spacial score (nSPS) is 10.4. The quantitative estimate of drug-likeness (QED) is 0.372. The molecule has 0 N–H and O–H groups in total. The number of ketones is 1. The predicted octanol–water partition coefficient (Wildman–Crippen LogP) is 3.16. The zero-order valence-corrected chi connectivity index (χ0v) is 16.2. The zero-order valence-electron chi connectivity index (χ0n) is 16.2. The zero-order chi connectivity index (χ0) is 20.5. The van der Waals surface area contributed by atoms with E-state index < -0.39 is 12.6 Å². The lowest BCUT2D eigenvalue weighted by Crippen LogP contribution is -2.12. The number of esters is 1. The molecule has 148 valence electrons. The molecule has 0 amide bonds. The summed E-state index contributed by atoms with van der Waals surface area (Å²) in [5.41, 5.74) is 0.994. The van der Waals surface area contributed by atoms with Gasteiger partial charge in [0.15, 0.2) is 23.9 Å². The lowest BCUT2D eigenvalue weighted by Gasteiger charge is -2.09. The van der Waals surface area contributed by atoms with Gasteiger partial charge in [-0.25, -0.2) is 4.79 Å². The molecule has 0 saturated heterocycles. The van der Waals surface area contributed by atoms with Crippen molar-refractivity contribution < 1.29 is 33.3 Å². The van der Waals surface area contributed by atoms with Crippen molar-refractivity contribution in [3.63, 3.8) is 0 Å². The van der Waals surface area contributed by atoms with Crippen molar-refractivity contribution >= 4 is 17.8 Å². The van der Waals surface area contributed by atoms with Crippen molar-refractivity contribution in [1.82, 2.24) is 0 Å². The van der Waals surface area contributed by atoms with Gasteiger partial charge in [-0.05, 0) is 42.5 Å². The molecule has 0 aliphatic carbocycles. The van der Waals surface area contributed by atoms with Crippen LogP contribution in [-0.2, 0) is 9.53 Å². The molecule has 0 atom stereocenters. The summed E-state index contributed by atoms with van der Waals surface area (Å²) in [6.07, 6.45) is 2.75. The fourth-order valence-electron chi connectivity index (χ4n) is 2.41. The van der Waals surface area contributed by atoms with Crippen molar-refractivity contribution in [2.45, 2.75) is 0 Å². The van der Waals surface area contributed by atoms with E-state index in [1.807, 2.05) is 0 Å². The molecule has 0 aliphatic rings. The Labute approximate surface area is 163 Å². The summed E-state index contributed by atoms with van der Waals surface area (Å²) >= 11 is 0. The minimum atomic E-state index is -0.654. The molecule has 0 spiro atoms. The average molecular weight is 386 g/mol. The Morgan fingerprint density at radius 2 is 1.50 bits per heavy atom. The highest BCUT2D eigenvalue weighted by atomic mass is 16.5. The van der Waals surface area contributed by atoms with Crippen LogP contribution in [0.5, 0.6) is 23.0 Å². The molecule has 0 aliphatic heterocycles. The Balaban J connectivity index is 2.00. The van der Waals surface area contributed by atoms with Gasteiger partial charge in [-0.1, -0.05) is 0 Å². The Morgan fingerprint density at radius 1 is 0.821 bits per heavy atom. The summed E-state index contributed by atoms with van der Waals surface area (Å²) in [7, 11) is 6.05. The maximum absolute atomic E-state index is 12.2. The number of benzene rings is 2. The second kappa shape index (κ2) is 10.0. The first-order valence-corrected chi connectivity index (χ1v) is 8.34. The van der Waals surface area contributed by atoms with Gasteiger partial charge in [-0.3, -0.25) is 4.79 Å². The standard InChI is InChI=1S/C21H22O7/c1-24-16-7-9-18(25-2)15(11-16)6-10-21(23)28-13-17(22)14-5-8-19(26-3)20(12-14)27-4/h5-12H,13H2,1-4H3. The third-order valence-electron chi connectivity index (χ3n) is 3.89. The van der Waals surface area contributed by atoms with Gasteiger partial charge in [0, 0.05) is 17.2 Å². The molecule has 0 bridgehead atoms. The number of carbonyl (C=O) groups is 2. The van der Waals surface area contributed by atoms with E-state index in [0.717, 1.165) is 0 Å². The number of Topliss-reactive ketones (excluding diaryl/α,β-unsaturated/α-hetero) is 1. The molecule has 7 heteroatoms. The Hall–Kier alpha value is -3.48. The van der Waals surface area contributed by atoms with E-state index in [1.54, 1.807) is 37.4 Å². The van der Waals surface area contributed by atoms with Crippen molar-refractivity contribution in [2.24, 2.45) is 0 Å². The third kappa shape index (κ3) is 5.26. The molecule has 0 radical (unpaired) electrons. The molecular weight excluding hydrogens is 364 g/mol. The minimum Gasteiger partial charge on any atom is -0.497 e. The topological polar surface area (TPSA) is 80.3 Å². The molecule has 0 saturated carbocycles. The first-order chi connectivity index (χ1) is 13.5. The minimum absolute atomic E-state index is 0.351. The van der Waals surface area contributed by atoms with E-state index in [1.165, 1.54) is 39.5 Å². The first-order valence-electron chi connectivity index (χ1n) is 8.34. The molecule has 0 aromatic heterocycles. The van der Waals surface area contributed by atoms with Gasteiger partial charge in [0.2, 0.25) is 0 Å². The van der Waals surface area contributed by atoms with Crippen LogP contribution >= 0.6 is 0 Å². The second-order valence-corrected chi connectivity index (χ2v) is 5.54. The van der Waals surface area contributed by atoms with E-state index in [0.29, 0.717) is 34.1 Å². The summed E-state index contributed by atoms with van der Waals surface area (Å²) in [5, 5.41) is 0. The number of methoxy groups -OCH3 is 4. The van der Waals surface area contributed by atoms with Gasteiger partial charge in [-0.15, -0.1) is 0 Å². The Bertz CT molecular complexity index is 871. The van der Waals surface area contributed by atoms with E-state index in [2.05, 4.69) is 0 Å². The molecule has 0 unspecified atom stereocenters. The van der Waals surface area contributed by atoms with Gasteiger partial charge in [0.1, 0.15) is 11.5 Å². The number of hydrogen-bond acceptors (Lipinski definition) is 7. The average Bonchev–Trinajstić information content (AvgIpc) is 2.74. The smallest absolute Gasteiger partial charge is 0.331 e. The summed E-state index contributed by atoms with van der Waals surface area (Å²) in [6, 6.07) is 9.92. The third-order valence-corrected chi connectivity index (χ3v) is 3.89. The highest BCUT2D eigenvalue weighted by Crippen LogP contribution is 2.28. The van der Waals surface area contributed by atoms with Crippen LogP contribution in [0.25, 0.3) is 6.08 Å². The molecule has 7 nitrogen and oxygen atoms in total. The lowest BCUT2D eigenvalue weighted by molar-refractivity contribution is -0.136. The van der Waals surface area contributed by atoms with Crippen LogP contribution in [0.4, 0.5) is 0 Å². The van der Waals surface area contributed by atoms with Crippen LogP contribution in [0.3, 0.4) is 0 Å². The maximum Gasteiger partial charge on any atom is 0.331 e. The van der Waals surface area contributed by atoms with E-state index >= 15 is 0 Å². The summed E-state index contributed by atoms with van der Waals surface area (Å²) in [5.74, 6) is 1.11. The van der Waals surface area contributed by atoms with E-state index in [9.17, 15) is 9.59 Å². The number of carbonyl (C=O) groups excluding carboxylic acids is 2. The van der Waals surface area contributed by atoms with Gasteiger partial charge in [-0.2, -0.15) is 0 Å². The molecular formula is C21H22O7. The van der Waals surface area contributed by atoms with Crippen LogP contribution in [0.15, 0.2) is 42.5 Å². The first kappa shape index (κ1) is 20.8. The number of ether oxygens (including phenoxy) is 5. The fraction of sp³-hybridized carbons (Fsp3) is 0.238. The Kier molecular flexibility index (Phi) is 7.45. The van der Waals surface area contributed by atoms with Crippen LogP contribution in [0, 0.1) is 0 Å².